The van der Waals surface area contributed by atoms with E-state index in [0.717, 1.165) is 0 Å². The Morgan fingerprint density at radius 2 is 1.31 bits per heavy atom. The number of nitrogens with zero attached hydrogens (tertiary/aromatic N) is 1. The molecule has 0 spiro atoms. The highest BCUT2D eigenvalue weighted by Gasteiger charge is 2.44. The van der Waals surface area contributed by atoms with Crippen LogP contribution in [-0.4, -0.2) is 66.4 Å². The normalized spacial score (nSPS) is 16.2. The number of fused-ring (bicyclic) bond motifs is 1. The van der Waals surface area contributed by atoms with Crippen LogP contribution in [0.15, 0.2) is 48.5 Å². The third-order valence-corrected chi connectivity index (χ3v) is 6.87. The van der Waals surface area contributed by atoms with E-state index < -0.39 is 12.0 Å². The number of carbonyl (C=O) groups excluding carboxylic acids is 2. The molecule has 0 bridgehead atoms. The lowest BCUT2D eigenvalue weighted by Gasteiger charge is -2.40. The lowest BCUT2D eigenvalue weighted by molar-refractivity contribution is -0.119. The minimum Gasteiger partial charge on any atom is -0.497 e. The van der Waals surface area contributed by atoms with Crippen molar-refractivity contribution in [2.45, 2.75) is 12.0 Å². The van der Waals surface area contributed by atoms with Crippen molar-refractivity contribution in [3.8, 4) is 34.5 Å². The lowest BCUT2D eigenvalue weighted by Crippen LogP contribution is -2.44. The van der Waals surface area contributed by atoms with Gasteiger partial charge in [0.15, 0.2) is 23.0 Å². The average molecular weight is 537 g/mol. The van der Waals surface area contributed by atoms with Crippen molar-refractivity contribution in [1.82, 2.24) is 4.90 Å². The Bertz CT molecular complexity index is 1390. The van der Waals surface area contributed by atoms with Crippen molar-refractivity contribution in [3.63, 3.8) is 0 Å². The fourth-order valence-corrected chi connectivity index (χ4v) is 4.91. The zero-order chi connectivity index (χ0) is 28.3. The number of benzene rings is 3. The highest BCUT2D eigenvalue weighted by molar-refractivity contribution is 6.05. The second-order valence-corrected chi connectivity index (χ2v) is 8.80. The monoisotopic (exact) mass is 536 g/mol. The third-order valence-electron chi connectivity index (χ3n) is 6.87. The SMILES string of the molecule is COc1ccc(OC)c(NC(=O)[C@H]2c3cc(OC)c(OC)cc3C(=O)N(C)[C@H]2c2ccc(OC)c(OC)c2)c1. The summed E-state index contributed by atoms with van der Waals surface area (Å²) in [7, 11) is 10.8. The van der Waals surface area contributed by atoms with Crippen LogP contribution in [0.3, 0.4) is 0 Å². The fraction of sp³-hybridized carbons (Fsp3) is 0.310. The zero-order valence-corrected chi connectivity index (χ0v) is 23.0. The number of carbonyl (C=O) groups is 2. The van der Waals surface area contributed by atoms with Gasteiger partial charge in [0.25, 0.3) is 5.91 Å². The van der Waals surface area contributed by atoms with Gasteiger partial charge in [0.1, 0.15) is 11.5 Å². The Hall–Kier alpha value is -4.60. The van der Waals surface area contributed by atoms with Crippen LogP contribution in [0.2, 0.25) is 0 Å². The van der Waals surface area contributed by atoms with Crippen molar-refractivity contribution < 1.29 is 38.0 Å². The summed E-state index contributed by atoms with van der Waals surface area (Å²) in [6, 6.07) is 13.0. The van der Waals surface area contributed by atoms with Crippen LogP contribution in [0.4, 0.5) is 5.69 Å². The van der Waals surface area contributed by atoms with E-state index in [1.165, 1.54) is 35.5 Å². The number of hydrogen-bond donors (Lipinski definition) is 1. The number of anilines is 1. The molecular formula is C29H32N2O8. The van der Waals surface area contributed by atoms with Gasteiger partial charge in [-0.25, -0.2) is 0 Å². The van der Waals surface area contributed by atoms with Gasteiger partial charge in [-0.3, -0.25) is 9.59 Å². The van der Waals surface area contributed by atoms with Crippen LogP contribution in [0, 0.1) is 0 Å². The van der Waals surface area contributed by atoms with Crippen LogP contribution < -0.4 is 33.7 Å². The van der Waals surface area contributed by atoms with Crippen molar-refractivity contribution >= 4 is 17.5 Å². The van der Waals surface area contributed by atoms with Crippen LogP contribution in [-0.2, 0) is 4.79 Å². The van der Waals surface area contributed by atoms with Crippen LogP contribution in [0.1, 0.15) is 33.4 Å². The summed E-state index contributed by atoms with van der Waals surface area (Å²) in [5.74, 6) is 1.31. The van der Waals surface area contributed by atoms with Crippen molar-refractivity contribution in [3.05, 3.63) is 65.2 Å². The van der Waals surface area contributed by atoms with Gasteiger partial charge in [-0.15, -0.1) is 0 Å². The lowest BCUT2D eigenvalue weighted by atomic mass is 9.79. The third kappa shape index (κ3) is 4.97. The molecule has 39 heavy (non-hydrogen) atoms. The van der Waals surface area contributed by atoms with Gasteiger partial charge in [-0.2, -0.15) is 0 Å². The number of rotatable bonds is 9. The molecule has 1 N–H and O–H groups in total. The summed E-state index contributed by atoms with van der Waals surface area (Å²) in [4.78, 5) is 29.4. The average Bonchev–Trinajstić information content (AvgIpc) is 2.97. The van der Waals surface area contributed by atoms with E-state index in [-0.39, 0.29) is 11.8 Å². The molecule has 0 aliphatic carbocycles. The first-order chi connectivity index (χ1) is 18.8. The Balaban J connectivity index is 1.91. The number of amides is 2. The molecule has 206 valence electrons. The van der Waals surface area contributed by atoms with Crippen molar-refractivity contribution in [2.24, 2.45) is 0 Å². The fourth-order valence-electron chi connectivity index (χ4n) is 4.91. The van der Waals surface area contributed by atoms with E-state index in [9.17, 15) is 9.59 Å². The Morgan fingerprint density at radius 3 is 1.92 bits per heavy atom. The second-order valence-electron chi connectivity index (χ2n) is 8.80. The molecule has 0 unspecified atom stereocenters. The smallest absolute Gasteiger partial charge is 0.254 e. The summed E-state index contributed by atoms with van der Waals surface area (Å²) < 4.78 is 32.7. The predicted octanol–water partition coefficient (Wildman–Crippen LogP) is 4.29. The minimum atomic E-state index is -0.850. The molecule has 0 radical (unpaired) electrons. The van der Waals surface area contributed by atoms with E-state index in [0.29, 0.717) is 56.9 Å². The minimum absolute atomic E-state index is 0.270. The first-order valence-electron chi connectivity index (χ1n) is 12.1. The second kappa shape index (κ2) is 11.4. The Kier molecular flexibility index (Phi) is 8.04. The van der Waals surface area contributed by atoms with E-state index >= 15 is 0 Å². The molecule has 1 heterocycles. The predicted molar refractivity (Wildman–Crippen MR) is 145 cm³/mol. The molecule has 0 fully saturated rings. The molecule has 2 atom stereocenters. The van der Waals surface area contributed by atoms with Gasteiger partial charge in [0.2, 0.25) is 5.91 Å². The number of nitrogens with one attached hydrogen (secondary N) is 1. The molecule has 0 aromatic heterocycles. The maximum atomic E-state index is 14.2. The summed E-state index contributed by atoms with van der Waals surface area (Å²) in [5, 5.41) is 2.99. The zero-order valence-electron chi connectivity index (χ0n) is 23.0. The van der Waals surface area contributed by atoms with Crippen molar-refractivity contribution in [2.75, 3.05) is 55.0 Å². The molecule has 3 aromatic carbocycles. The van der Waals surface area contributed by atoms with E-state index in [1.807, 2.05) is 6.07 Å². The molecule has 0 saturated carbocycles. The molecule has 1 aliphatic rings. The molecule has 2 amide bonds. The molecule has 0 saturated heterocycles. The van der Waals surface area contributed by atoms with Gasteiger partial charge in [-0.05, 0) is 47.5 Å². The van der Waals surface area contributed by atoms with Crippen LogP contribution in [0.25, 0.3) is 0 Å². The van der Waals surface area contributed by atoms with Crippen molar-refractivity contribution in [1.29, 1.82) is 0 Å². The Labute approximate surface area is 227 Å². The number of methoxy groups -OCH3 is 6. The summed E-state index contributed by atoms with van der Waals surface area (Å²) in [6.07, 6.45) is 0. The largest absolute Gasteiger partial charge is 0.497 e. The van der Waals surface area contributed by atoms with Gasteiger partial charge in [0, 0.05) is 18.7 Å². The number of ether oxygens (including phenoxy) is 6. The molecule has 3 aromatic rings. The molecule has 10 nitrogen and oxygen atoms in total. The van der Waals surface area contributed by atoms with E-state index in [1.54, 1.807) is 61.5 Å². The van der Waals surface area contributed by atoms with Gasteiger partial charge >= 0.3 is 0 Å². The number of likely N-dealkylation sites (N-methyl/N-ethyl adjacent to an activating group) is 1. The maximum Gasteiger partial charge on any atom is 0.254 e. The van der Waals surface area contributed by atoms with E-state index in [2.05, 4.69) is 5.32 Å². The highest BCUT2D eigenvalue weighted by atomic mass is 16.5. The summed E-state index contributed by atoms with van der Waals surface area (Å²) >= 11 is 0. The maximum absolute atomic E-state index is 14.2. The van der Waals surface area contributed by atoms with Crippen LogP contribution >= 0.6 is 0 Å². The standard InChI is InChI=1S/C29H32N2O8/c1-31-27(16-8-10-22(36-4)23(12-16)37-5)26(18-14-24(38-6)25(39-7)15-19(18)29(31)33)28(32)30-20-13-17(34-2)9-11-21(20)35-3/h8-15,26-27H,1-7H3,(H,30,32)/t26-,27-/m0/s1. The van der Waals surface area contributed by atoms with E-state index in [4.69, 9.17) is 28.4 Å². The quantitative estimate of drug-likeness (QED) is 0.432. The molecule has 1 aliphatic heterocycles. The summed E-state index contributed by atoms with van der Waals surface area (Å²) in [5.41, 5.74) is 1.94. The first-order valence-corrected chi connectivity index (χ1v) is 12.1. The number of hydrogen-bond acceptors (Lipinski definition) is 8. The summed E-state index contributed by atoms with van der Waals surface area (Å²) in [6.45, 7) is 0. The molecule has 4 rings (SSSR count). The molecular weight excluding hydrogens is 504 g/mol. The van der Waals surface area contributed by atoms with Crippen LogP contribution in [0.5, 0.6) is 34.5 Å². The highest BCUT2D eigenvalue weighted by Crippen LogP contribution is 2.47. The van der Waals surface area contributed by atoms with Gasteiger partial charge in [0.05, 0.1) is 60.3 Å². The topological polar surface area (TPSA) is 105 Å². The molecule has 10 heteroatoms. The first kappa shape index (κ1) is 27.4. The van der Waals surface area contributed by atoms with Gasteiger partial charge in [-0.1, -0.05) is 6.07 Å². The Morgan fingerprint density at radius 1 is 0.718 bits per heavy atom. The van der Waals surface area contributed by atoms with Gasteiger partial charge < -0.3 is 38.6 Å².